The molecule has 5 nitrogen and oxygen atoms in total. The third-order valence-corrected chi connectivity index (χ3v) is 1.91. The summed E-state index contributed by atoms with van der Waals surface area (Å²) in [6.07, 6.45) is 0. The third kappa shape index (κ3) is 3.57. The molecule has 0 bridgehead atoms. The molecule has 2 amide bonds. The van der Waals surface area contributed by atoms with Gasteiger partial charge in [-0.2, -0.15) is 5.26 Å². The Balaban J connectivity index is 2.68. The number of hydrogen-bond donors (Lipinski definition) is 2. The summed E-state index contributed by atoms with van der Waals surface area (Å²) in [6, 6.07) is 5.85. The SMILES string of the molecule is Cc1ccc(NC(=O)C(=O)NCC#N)c(F)c1. The van der Waals surface area contributed by atoms with Crippen LogP contribution in [-0.4, -0.2) is 18.4 Å². The van der Waals surface area contributed by atoms with E-state index in [9.17, 15) is 14.0 Å². The second-order valence-electron chi connectivity index (χ2n) is 3.28. The molecule has 1 rings (SSSR count). The van der Waals surface area contributed by atoms with E-state index in [1.54, 1.807) is 19.1 Å². The van der Waals surface area contributed by atoms with Crippen LogP contribution < -0.4 is 10.6 Å². The number of aryl methyl sites for hydroxylation is 1. The number of benzene rings is 1. The molecule has 1 aromatic carbocycles. The number of hydrogen-bond acceptors (Lipinski definition) is 3. The molecule has 0 aliphatic rings. The third-order valence-electron chi connectivity index (χ3n) is 1.91. The van der Waals surface area contributed by atoms with E-state index in [0.29, 0.717) is 5.56 Å². The van der Waals surface area contributed by atoms with Gasteiger partial charge in [0.15, 0.2) is 0 Å². The molecule has 1 aromatic rings. The van der Waals surface area contributed by atoms with Gasteiger partial charge < -0.3 is 10.6 Å². The fourth-order valence-corrected chi connectivity index (χ4v) is 1.10. The highest BCUT2D eigenvalue weighted by atomic mass is 19.1. The molecule has 88 valence electrons. The van der Waals surface area contributed by atoms with Crippen LogP contribution in [0, 0.1) is 24.1 Å². The van der Waals surface area contributed by atoms with Crippen molar-refractivity contribution in [1.82, 2.24) is 5.32 Å². The summed E-state index contributed by atoms with van der Waals surface area (Å²) in [5.74, 6) is -2.61. The number of anilines is 1. The van der Waals surface area contributed by atoms with E-state index in [0.717, 1.165) is 0 Å². The standard InChI is InChI=1S/C11H10FN3O2/c1-7-2-3-9(8(12)6-7)15-11(17)10(16)14-5-4-13/h2-3,6H,5H2,1H3,(H,14,16)(H,15,17). The van der Waals surface area contributed by atoms with Crippen LogP contribution in [0.5, 0.6) is 0 Å². The topological polar surface area (TPSA) is 82.0 Å². The zero-order valence-electron chi connectivity index (χ0n) is 9.08. The van der Waals surface area contributed by atoms with E-state index < -0.39 is 17.6 Å². The van der Waals surface area contributed by atoms with Gasteiger partial charge in [-0.05, 0) is 24.6 Å². The number of halogens is 1. The summed E-state index contributed by atoms with van der Waals surface area (Å²) in [4.78, 5) is 22.3. The number of carbonyl (C=O) groups excluding carboxylic acids is 2. The van der Waals surface area contributed by atoms with Crippen LogP contribution in [-0.2, 0) is 9.59 Å². The number of rotatable bonds is 2. The van der Waals surface area contributed by atoms with Gasteiger partial charge in [-0.15, -0.1) is 0 Å². The molecule has 0 saturated heterocycles. The quantitative estimate of drug-likeness (QED) is 0.585. The smallest absolute Gasteiger partial charge is 0.313 e. The fraction of sp³-hybridized carbons (Fsp3) is 0.182. The molecule has 0 unspecified atom stereocenters. The highest BCUT2D eigenvalue weighted by molar-refractivity contribution is 6.39. The fourth-order valence-electron chi connectivity index (χ4n) is 1.10. The summed E-state index contributed by atoms with van der Waals surface area (Å²) in [5.41, 5.74) is 0.627. The first-order valence-electron chi connectivity index (χ1n) is 4.77. The van der Waals surface area contributed by atoms with Crippen molar-refractivity contribution in [2.45, 2.75) is 6.92 Å². The zero-order valence-corrected chi connectivity index (χ0v) is 9.08. The van der Waals surface area contributed by atoms with Crippen molar-refractivity contribution in [3.63, 3.8) is 0 Å². The Kier molecular flexibility index (Phi) is 4.17. The molecular weight excluding hydrogens is 225 g/mol. The number of nitrogens with zero attached hydrogens (tertiary/aromatic N) is 1. The zero-order chi connectivity index (χ0) is 12.8. The van der Waals surface area contributed by atoms with E-state index in [-0.39, 0.29) is 12.2 Å². The van der Waals surface area contributed by atoms with Crippen molar-refractivity contribution >= 4 is 17.5 Å². The minimum Gasteiger partial charge on any atom is -0.335 e. The minimum absolute atomic E-state index is 0.0762. The predicted octanol–water partition coefficient (Wildman–Crippen LogP) is 0.712. The van der Waals surface area contributed by atoms with Crippen LogP contribution in [0.15, 0.2) is 18.2 Å². The van der Waals surface area contributed by atoms with Gasteiger partial charge in [0, 0.05) is 0 Å². The van der Waals surface area contributed by atoms with Gasteiger partial charge in [0.2, 0.25) is 0 Å². The van der Waals surface area contributed by atoms with Gasteiger partial charge in [0.25, 0.3) is 0 Å². The monoisotopic (exact) mass is 235 g/mol. The lowest BCUT2D eigenvalue weighted by Crippen LogP contribution is -2.35. The Morgan fingerprint density at radius 3 is 2.71 bits per heavy atom. The second-order valence-corrected chi connectivity index (χ2v) is 3.28. The lowest BCUT2D eigenvalue weighted by atomic mass is 10.2. The Morgan fingerprint density at radius 2 is 2.12 bits per heavy atom. The summed E-state index contributed by atoms with van der Waals surface area (Å²) in [7, 11) is 0. The maximum absolute atomic E-state index is 13.3. The van der Waals surface area contributed by atoms with E-state index in [1.807, 2.05) is 5.32 Å². The van der Waals surface area contributed by atoms with E-state index in [1.165, 1.54) is 12.1 Å². The normalized spacial score (nSPS) is 9.24. The van der Waals surface area contributed by atoms with Crippen molar-refractivity contribution in [3.8, 4) is 6.07 Å². The Morgan fingerprint density at radius 1 is 1.41 bits per heavy atom. The molecule has 0 heterocycles. The van der Waals surface area contributed by atoms with Crippen molar-refractivity contribution in [2.24, 2.45) is 0 Å². The Bertz CT molecular complexity index is 494. The highest BCUT2D eigenvalue weighted by Crippen LogP contribution is 2.14. The molecular formula is C11H10FN3O2. The molecule has 0 aliphatic carbocycles. The average molecular weight is 235 g/mol. The van der Waals surface area contributed by atoms with Gasteiger partial charge in [-0.25, -0.2) is 4.39 Å². The molecule has 0 saturated carbocycles. The number of carbonyl (C=O) groups is 2. The largest absolute Gasteiger partial charge is 0.335 e. The van der Waals surface area contributed by atoms with Crippen LogP contribution in [0.4, 0.5) is 10.1 Å². The van der Waals surface area contributed by atoms with Gasteiger partial charge in [0.1, 0.15) is 12.4 Å². The van der Waals surface area contributed by atoms with Gasteiger partial charge >= 0.3 is 11.8 Å². The minimum atomic E-state index is -1.01. The summed E-state index contributed by atoms with van der Waals surface area (Å²) in [6.45, 7) is 1.43. The Labute approximate surface area is 97.2 Å². The molecule has 0 radical (unpaired) electrons. The molecule has 0 aliphatic heterocycles. The predicted molar refractivity (Wildman–Crippen MR) is 58.4 cm³/mol. The van der Waals surface area contributed by atoms with Crippen LogP contribution in [0.3, 0.4) is 0 Å². The molecule has 6 heteroatoms. The summed E-state index contributed by atoms with van der Waals surface area (Å²) in [5, 5.41) is 12.4. The molecule has 0 fully saturated rings. The van der Waals surface area contributed by atoms with Crippen molar-refractivity contribution < 1.29 is 14.0 Å². The summed E-state index contributed by atoms with van der Waals surface area (Å²) >= 11 is 0. The van der Waals surface area contributed by atoms with Crippen LogP contribution in [0.25, 0.3) is 0 Å². The van der Waals surface area contributed by atoms with Crippen LogP contribution >= 0.6 is 0 Å². The first-order chi connectivity index (χ1) is 8.04. The van der Waals surface area contributed by atoms with Gasteiger partial charge in [-0.1, -0.05) is 6.07 Å². The van der Waals surface area contributed by atoms with E-state index in [2.05, 4.69) is 5.32 Å². The molecule has 0 aromatic heterocycles. The first-order valence-corrected chi connectivity index (χ1v) is 4.77. The number of amides is 2. The van der Waals surface area contributed by atoms with E-state index >= 15 is 0 Å². The van der Waals surface area contributed by atoms with Crippen LogP contribution in [0.2, 0.25) is 0 Å². The maximum Gasteiger partial charge on any atom is 0.313 e. The molecule has 2 N–H and O–H groups in total. The van der Waals surface area contributed by atoms with Gasteiger partial charge in [-0.3, -0.25) is 9.59 Å². The average Bonchev–Trinajstić information content (AvgIpc) is 2.29. The molecule has 17 heavy (non-hydrogen) atoms. The first kappa shape index (κ1) is 12.6. The van der Waals surface area contributed by atoms with Crippen molar-refractivity contribution in [1.29, 1.82) is 5.26 Å². The number of nitriles is 1. The Hall–Kier alpha value is -2.42. The van der Waals surface area contributed by atoms with Crippen molar-refractivity contribution in [2.75, 3.05) is 11.9 Å². The van der Waals surface area contributed by atoms with Crippen LogP contribution in [0.1, 0.15) is 5.56 Å². The number of nitrogens with one attached hydrogen (secondary N) is 2. The van der Waals surface area contributed by atoms with Gasteiger partial charge in [0.05, 0.1) is 11.8 Å². The second kappa shape index (κ2) is 5.61. The molecule has 0 spiro atoms. The summed E-state index contributed by atoms with van der Waals surface area (Å²) < 4.78 is 13.3. The maximum atomic E-state index is 13.3. The lowest BCUT2D eigenvalue weighted by Gasteiger charge is -2.06. The van der Waals surface area contributed by atoms with E-state index in [4.69, 9.17) is 5.26 Å². The van der Waals surface area contributed by atoms with Crippen molar-refractivity contribution in [3.05, 3.63) is 29.6 Å². The highest BCUT2D eigenvalue weighted by Gasteiger charge is 2.14. The molecule has 0 atom stereocenters. The lowest BCUT2D eigenvalue weighted by molar-refractivity contribution is -0.136.